The number of hydrazone groups is 1. The molecule has 3 aromatic carbocycles. The monoisotopic (exact) mass is 564 g/mol. The number of anilines is 1. The number of aryl methyl sites for hydroxylation is 1. The third kappa shape index (κ3) is 7.67. The Balaban J connectivity index is 1.36. The Bertz CT molecular complexity index is 1410. The van der Waals surface area contributed by atoms with E-state index in [1.807, 2.05) is 19.1 Å². The van der Waals surface area contributed by atoms with Crippen molar-refractivity contribution in [2.24, 2.45) is 5.10 Å². The summed E-state index contributed by atoms with van der Waals surface area (Å²) in [6, 6.07) is 21.9. The summed E-state index contributed by atoms with van der Waals surface area (Å²) >= 11 is 0. The SMILES string of the molecule is CCc1ccc(N(CC(=O)N/N=C\c2ccc(OCC(=O)N3CCOCC3)cc2)S(=O)(=O)c2ccccc2)cc1. The summed E-state index contributed by atoms with van der Waals surface area (Å²) in [5.41, 5.74) is 4.51. The Morgan fingerprint density at radius 2 is 1.68 bits per heavy atom. The molecule has 0 aromatic heterocycles. The number of ether oxygens (including phenoxy) is 2. The van der Waals surface area contributed by atoms with Crippen molar-refractivity contribution in [3.8, 4) is 5.75 Å². The van der Waals surface area contributed by atoms with E-state index in [0.29, 0.717) is 43.3 Å². The molecule has 40 heavy (non-hydrogen) atoms. The van der Waals surface area contributed by atoms with Crippen LogP contribution in [0.2, 0.25) is 0 Å². The highest BCUT2D eigenvalue weighted by Crippen LogP contribution is 2.24. The van der Waals surface area contributed by atoms with Gasteiger partial charge in [-0.2, -0.15) is 5.10 Å². The lowest BCUT2D eigenvalue weighted by Gasteiger charge is -2.26. The number of nitrogens with one attached hydrogen (secondary N) is 1. The topological polar surface area (TPSA) is 118 Å². The normalized spacial score (nSPS) is 13.7. The van der Waals surface area contributed by atoms with Gasteiger partial charge in [-0.1, -0.05) is 37.3 Å². The van der Waals surface area contributed by atoms with Gasteiger partial charge in [-0.3, -0.25) is 13.9 Å². The molecule has 1 aliphatic rings. The maximum Gasteiger partial charge on any atom is 0.264 e. The third-order valence-corrected chi connectivity index (χ3v) is 8.05. The zero-order chi connectivity index (χ0) is 28.4. The van der Waals surface area contributed by atoms with Crippen LogP contribution in [0.1, 0.15) is 18.1 Å². The molecule has 1 saturated heterocycles. The lowest BCUT2D eigenvalue weighted by atomic mass is 10.1. The van der Waals surface area contributed by atoms with Crippen LogP contribution in [-0.2, 0) is 30.8 Å². The zero-order valence-electron chi connectivity index (χ0n) is 22.2. The molecule has 10 nitrogen and oxygen atoms in total. The molecular weight excluding hydrogens is 532 g/mol. The molecule has 1 fully saturated rings. The van der Waals surface area contributed by atoms with Gasteiger partial charge in [0, 0.05) is 13.1 Å². The number of hydrogen-bond donors (Lipinski definition) is 1. The number of carbonyl (C=O) groups excluding carboxylic acids is 2. The van der Waals surface area contributed by atoms with E-state index >= 15 is 0 Å². The van der Waals surface area contributed by atoms with Crippen LogP contribution in [0.4, 0.5) is 5.69 Å². The van der Waals surface area contributed by atoms with E-state index < -0.39 is 22.5 Å². The van der Waals surface area contributed by atoms with E-state index in [0.717, 1.165) is 16.3 Å². The number of carbonyl (C=O) groups is 2. The Kier molecular flexibility index (Phi) is 9.87. The van der Waals surface area contributed by atoms with Gasteiger partial charge in [-0.05, 0) is 66.1 Å². The standard InChI is InChI=1S/C29H32N4O6S/c1-2-23-8-12-25(13-9-23)33(40(36,37)27-6-4-3-5-7-27)21-28(34)31-30-20-24-10-14-26(15-11-24)39-22-29(35)32-16-18-38-19-17-32/h3-15,20H,2,16-19,21-22H2,1H3,(H,31,34)/b30-20-. The van der Waals surface area contributed by atoms with Crippen LogP contribution < -0.4 is 14.5 Å². The highest BCUT2D eigenvalue weighted by molar-refractivity contribution is 7.92. The van der Waals surface area contributed by atoms with Gasteiger partial charge in [0.15, 0.2) is 6.61 Å². The number of rotatable bonds is 11. The first-order chi connectivity index (χ1) is 19.4. The highest BCUT2D eigenvalue weighted by Gasteiger charge is 2.27. The highest BCUT2D eigenvalue weighted by atomic mass is 32.2. The molecule has 0 aliphatic carbocycles. The van der Waals surface area contributed by atoms with Crippen molar-refractivity contribution in [3.63, 3.8) is 0 Å². The lowest BCUT2D eigenvalue weighted by molar-refractivity contribution is -0.137. The molecule has 0 saturated carbocycles. The maximum atomic E-state index is 13.4. The molecule has 2 amide bonds. The fourth-order valence-electron chi connectivity index (χ4n) is 3.98. The fourth-order valence-corrected chi connectivity index (χ4v) is 5.42. The summed E-state index contributed by atoms with van der Waals surface area (Å²) in [6.07, 6.45) is 2.24. The Morgan fingerprint density at radius 1 is 1.00 bits per heavy atom. The number of benzene rings is 3. The second-order valence-electron chi connectivity index (χ2n) is 8.99. The van der Waals surface area contributed by atoms with Gasteiger partial charge >= 0.3 is 0 Å². The molecular formula is C29H32N4O6S. The van der Waals surface area contributed by atoms with Crippen molar-refractivity contribution in [1.82, 2.24) is 10.3 Å². The van der Waals surface area contributed by atoms with E-state index in [1.165, 1.54) is 18.3 Å². The number of hydrogen-bond acceptors (Lipinski definition) is 7. The van der Waals surface area contributed by atoms with Gasteiger partial charge < -0.3 is 14.4 Å². The predicted octanol–water partition coefficient (Wildman–Crippen LogP) is 2.83. The molecule has 1 N–H and O–H groups in total. The van der Waals surface area contributed by atoms with E-state index in [2.05, 4.69) is 10.5 Å². The molecule has 3 aromatic rings. The molecule has 0 unspecified atom stereocenters. The Labute approximate surface area is 234 Å². The van der Waals surface area contributed by atoms with Crippen LogP contribution in [0, 0.1) is 0 Å². The fraction of sp³-hybridized carbons (Fsp3) is 0.276. The first-order valence-electron chi connectivity index (χ1n) is 12.9. The first-order valence-corrected chi connectivity index (χ1v) is 14.4. The van der Waals surface area contributed by atoms with Gasteiger partial charge in [0.2, 0.25) is 0 Å². The van der Waals surface area contributed by atoms with Crippen LogP contribution in [0.3, 0.4) is 0 Å². The van der Waals surface area contributed by atoms with E-state index in [1.54, 1.807) is 59.5 Å². The molecule has 11 heteroatoms. The second-order valence-corrected chi connectivity index (χ2v) is 10.9. The van der Waals surface area contributed by atoms with E-state index in [-0.39, 0.29) is 17.4 Å². The van der Waals surface area contributed by atoms with Gasteiger partial charge in [0.25, 0.3) is 21.8 Å². The number of sulfonamides is 1. The zero-order valence-corrected chi connectivity index (χ0v) is 23.0. The van der Waals surface area contributed by atoms with Gasteiger partial charge in [-0.15, -0.1) is 0 Å². The van der Waals surface area contributed by atoms with E-state index in [9.17, 15) is 18.0 Å². The minimum absolute atomic E-state index is 0.0624. The van der Waals surface area contributed by atoms with Crippen molar-refractivity contribution in [3.05, 3.63) is 90.0 Å². The number of amides is 2. The Hall–Kier alpha value is -4.22. The molecule has 0 spiro atoms. The van der Waals surface area contributed by atoms with Crippen molar-refractivity contribution >= 4 is 33.7 Å². The molecule has 0 atom stereocenters. The quantitative estimate of drug-likeness (QED) is 0.283. The summed E-state index contributed by atoms with van der Waals surface area (Å²) in [6.45, 7) is 3.67. The molecule has 0 radical (unpaired) electrons. The summed E-state index contributed by atoms with van der Waals surface area (Å²) in [5, 5.41) is 3.98. The largest absolute Gasteiger partial charge is 0.484 e. The summed E-state index contributed by atoms with van der Waals surface area (Å²) in [4.78, 5) is 26.8. The maximum absolute atomic E-state index is 13.4. The summed E-state index contributed by atoms with van der Waals surface area (Å²) in [7, 11) is -4.00. The van der Waals surface area contributed by atoms with Crippen molar-refractivity contribution in [2.75, 3.05) is 43.8 Å². The van der Waals surface area contributed by atoms with Crippen molar-refractivity contribution in [2.45, 2.75) is 18.2 Å². The second kappa shape index (κ2) is 13.7. The molecule has 1 aliphatic heterocycles. The third-order valence-electron chi connectivity index (χ3n) is 6.26. The van der Waals surface area contributed by atoms with Crippen LogP contribution in [-0.4, -0.2) is 70.8 Å². The van der Waals surface area contributed by atoms with Crippen LogP contribution in [0.15, 0.2) is 88.9 Å². The Morgan fingerprint density at radius 3 is 2.33 bits per heavy atom. The van der Waals surface area contributed by atoms with Crippen molar-refractivity contribution in [1.29, 1.82) is 0 Å². The van der Waals surface area contributed by atoms with Gasteiger partial charge in [0.05, 0.1) is 30.0 Å². The van der Waals surface area contributed by atoms with Crippen LogP contribution in [0.5, 0.6) is 5.75 Å². The van der Waals surface area contributed by atoms with Crippen molar-refractivity contribution < 1.29 is 27.5 Å². The van der Waals surface area contributed by atoms with Crippen LogP contribution >= 0.6 is 0 Å². The smallest absolute Gasteiger partial charge is 0.264 e. The molecule has 0 bridgehead atoms. The molecule has 1 heterocycles. The predicted molar refractivity (Wildman–Crippen MR) is 152 cm³/mol. The minimum Gasteiger partial charge on any atom is -0.484 e. The number of nitrogens with zero attached hydrogens (tertiary/aromatic N) is 3. The summed E-state index contributed by atoms with van der Waals surface area (Å²) in [5.74, 6) is -0.170. The average molecular weight is 565 g/mol. The molecule has 210 valence electrons. The van der Waals surface area contributed by atoms with E-state index in [4.69, 9.17) is 9.47 Å². The molecule has 4 rings (SSSR count). The summed E-state index contributed by atoms with van der Waals surface area (Å²) < 4.78 is 38.7. The lowest BCUT2D eigenvalue weighted by Crippen LogP contribution is -2.42. The number of morpholine rings is 1. The minimum atomic E-state index is -4.00. The van der Waals surface area contributed by atoms with Crippen LogP contribution in [0.25, 0.3) is 0 Å². The first kappa shape index (κ1) is 28.8. The average Bonchev–Trinajstić information content (AvgIpc) is 3.00. The van der Waals surface area contributed by atoms with Gasteiger partial charge in [0.1, 0.15) is 12.3 Å². The van der Waals surface area contributed by atoms with Gasteiger partial charge in [-0.25, -0.2) is 13.8 Å².